The van der Waals surface area contributed by atoms with E-state index in [4.69, 9.17) is 21.9 Å². The zero-order valence-corrected chi connectivity index (χ0v) is 10.3. The first-order valence-corrected chi connectivity index (χ1v) is 5.44. The molecule has 0 spiro atoms. The smallest absolute Gasteiger partial charge is 0.188 e. The molecular weight excluding hydrogens is 279 g/mol. The summed E-state index contributed by atoms with van der Waals surface area (Å²) in [6, 6.07) is 5.80. The Bertz CT molecular complexity index is 510. The van der Waals surface area contributed by atoms with Crippen LogP contribution in [0, 0.1) is 6.92 Å². The fourth-order valence-electron chi connectivity index (χ4n) is 1.28. The van der Waals surface area contributed by atoms with Gasteiger partial charge in [-0.2, -0.15) is 0 Å². The van der Waals surface area contributed by atoms with Crippen LogP contribution in [0.4, 0.5) is 5.82 Å². The van der Waals surface area contributed by atoms with Gasteiger partial charge in [-0.05, 0) is 34.5 Å². The monoisotopic (exact) mass is 286 g/mol. The molecule has 3 nitrogen and oxygen atoms in total. The van der Waals surface area contributed by atoms with Crippen molar-refractivity contribution in [1.82, 2.24) is 5.16 Å². The van der Waals surface area contributed by atoms with Crippen molar-refractivity contribution in [3.63, 3.8) is 0 Å². The van der Waals surface area contributed by atoms with Crippen LogP contribution in [0.3, 0.4) is 0 Å². The van der Waals surface area contributed by atoms with Gasteiger partial charge in [0.25, 0.3) is 0 Å². The highest BCUT2D eigenvalue weighted by Gasteiger charge is 2.16. The van der Waals surface area contributed by atoms with Crippen LogP contribution < -0.4 is 5.73 Å². The average molecular weight is 288 g/mol. The minimum atomic E-state index is 0.208. The Morgan fingerprint density at radius 3 is 2.80 bits per heavy atom. The maximum atomic E-state index is 5.97. The first kappa shape index (κ1) is 10.5. The number of aromatic nitrogens is 1. The standard InChI is InChI=1S/C10H8BrClN2O/c1-5-3-2-4-6(7(5)11)9-8(12)10(13)14-15-9/h2-4H,1H3,(H2,13,14). The molecule has 0 aliphatic rings. The van der Waals surface area contributed by atoms with E-state index in [-0.39, 0.29) is 5.82 Å². The third kappa shape index (κ3) is 1.75. The van der Waals surface area contributed by atoms with E-state index in [2.05, 4.69) is 21.1 Å². The molecule has 0 amide bonds. The fraction of sp³-hybridized carbons (Fsp3) is 0.100. The highest BCUT2D eigenvalue weighted by molar-refractivity contribution is 9.10. The molecule has 0 saturated heterocycles. The number of halogens is 2. The van der Waals surface area contributed by atoms with Gasteiger partial charge in [-0.25, -0.2) is 0 Å². The van der Waals surface area contributed by atoms with Crippen molar-refractivity contribution >= 4 is 33.3 Å². The van der Waals surface area contributed by atoms with Crippen LogP contribution in [0.1, 0.15) is 5.56 Å². The van der Waals surface area contributed by atoms with Gasteiger partial charge in [-0.1, -0.05) is 28.9 Å². The summed E-state index contributed by atoms with van der Waals surface area (Å²) >= 11 is 9.44. The fourth-order valence-corrected chi connectivity index (χ4v) is 1.90. The molecule has 2 aromatic rings. The van der Waals surface area contributed by atoms with Gasteiger partial charge in [0.05, 0.1) is 0 Å². The molecule has 0 aliphatic carbocycles. The molecule has 15 heavy (non-hydrogen) atoms. The number of hydrogen-bond acceptors (Lipinski definition) is 3. The second-order valence-electron chi connectivity index (χ2n) is 3.15. The van der Waals surface area contributed by atoms with Gasteiger partial charge in [0.2, 0.25) is 0 Å². The van der Waals surface area contributed by atoms with E-state index in [9.17, 15) is 0 Å². The Labute approximate surface area is 100 Å². The molecule has 0 radical (unpaired) electrons. The molecule has 2 N–H and O–H groups in total. The number of aryl methyl sites for hydroxylation is 1. The summed E-state index contributed by atoms with van der Waals surface area (Å²) in [5, 5.41) is 3.96. The van der Waals surface area contributed by atoms with Crippen LogP contribution in [-0.2, 0) is 0 Å². The zero-order valence-electron chi connectivity index (χ0n) is 7.92. The van der Waals surface area contributed by atoms with Crippen LogP contribution >= 0.6 is 27.5 Å². The molecule has 0 saturated carbocycles. The van der Waals surface area contributed by atoms with E-state index >= 15 is 0 Å². The molecule has 2 rings (SSSR count). The topological polar surface area (TPSA) is 52.0 Å². The van der Waals surface area contributed by atoms with Crippen molar-refractivity contribution in [3.8, 4) is 11.3 Å². The summed E-state index contributed by atoms with van der Waals surface area (Å²) in [6.07, 6.45) is 0. The Balaban J connectivity index is 2.64. The molecule has 1 aromatic carbocycles. The van der Waals surface area contributed by atoms with Gasteiger partial charge in [-0.15, -0.1) is 0 Å². The van der Waals surface area contributed by atoms with Crippen LogP contribution in [0.2, 0.25) is 5.02 Å². The Kier molecular flexibility index (Phi) is 2.71. The predicted molar refractivity (Wildman–Crippen MR) is 63.8 cm³/mol. The van der Waals surface area contributed by atoms with E-state index in [1.807, 2.05) is 25.1 Å². The Hall–Kier alpha value is -1.00. The number of nitrogens with zero attached hydrogens (tertiary/aromatic N) is 1. The quantitative estimate of drug-likeness (QED) is 0.871. The molecular formula is C10H8BrClN2O. The van der Waals surface area contributed by atoms with Gasteiger partial charge in [0.15, 0.2) is 11.6 Å². The van der Waals surface area contributed by atoms with E-state index < -0.39 is 0 Å². The summed E-state index contributed by atoms with van der Waals surface area (Å²) < 4.78 is 6.01. The SMILES string of the molecule is Cc1cccc(-c2onc(N)c2Cl)c1Br. The lowest BCUT2D eigenvalue weighted by Gasteiger charge is -2.03. The van der Waals surface area contributed by atoms with Crippen molar-refractivity contribution in [1.29, 1.82) is 0 Å². The molecule has 5 heteroatoms. The summed E-state index contributed by atoms with van der Waals surface area (Å²) in [4.78, 5) is 0. The van der Waals surface area contributed by atoms with Crippen LogP contribution in [0.25, 0.3) is 11.3 Å². The summed E-state index contributed by atoms with van der Waals surface area (Å²) in [5.41, 5.74) is 7.46. The summed E-state index contributed by atoms with van der Waals surface area (Å²) in [5.74, 6) is 0.699. The van der Waals surface area contributed by atoms with Gasteiger partial charge >= 0.3 is 0 Å². The van der Waals surface area contributed by atoms with Crippen molar-refractivity contribution < 1.29 is 4.52 Å². The summed E-state index contributed by atoms with van der Waals surface area (Å²) in [6.45, 7) is 1.99. The van der Waals surface area contributed by atoms with Crippen molar-refractivity contribution in [2.75, 3.05) is 5.73 Å². The molecule has 0 bridgehead atoms. The molecule has 78 valence electrons. The van der Waals surface area contributed by atoms with Crippen LogP contribution in [-0.4, -0.2) is 5.16 Å². The van der Waals surface area contributed by atoms with Gasteiger partial charge in [0, 0.05) is 10.0 Å². The predicted octanol–water partition coefficient (Wildman–Crippen LogP) is 3.65. The van der Waals surface area contributed by atoms with Crippen molar-refractivity contribution in [3.05, 3.63) is 33.3 Å². The maximum Gasteiger partial charge on any atom is 0.188 e. The zero-order chi connectivity index (χ0) is 11.0. The lowest BCUT2D eigenvalue weighted by atomic mass is 10.1. The number of rotatable bonds is 1. The minimum absolute atomic E-state index is 0.208. The molecule has 1 heterocycles. The third-order valence-corrected chi connectivity index (χ3v) is 3.51. The van der Waals surface area contributed by atoms with Crippen molar-refractivity contribution in [2.24, 2.45) is 0 Å². The molecule has 0 fully saturated rings. The van der Waals surface area contributed by atoms with E-state index in [1.54, 1.807) is 0 Å². The van der Waals surface area contributed by atoms with Crippen LogP contribution in [0.5, 0.6) is 0 Å². The van der Waals surface area contributed by atoms with E-state index in [0.29, 0.717) is 10.8 Å². The molecule has 0 unspecified atom stereocenters. The van der Waals surface area contributed by atoms with E-state index in [1.165, 1.54) is 0 Å². The first-order chi connectivity index (χ1) is 7.11. The number of nitrogen functional groups attached to an aromatic ring is 1. The lowest BCUT2D eigenvalue weighted by molar-refractivity contribution is 0.435. The summed E-state index contributed by atoms with van der Waals surface area (Å²) in [7, 11) is 0. The largest absolute Gasteiger partial charge is 0.380 e. The maximum absolute atomic E-state index is 5.97. The van der Waals surface area contributed by atoms with Gasteiger partial charge in [-0.3, -0.25) is 0 Å². The van der Waals surface area contributed by atoms with Crippen molar-refractivity contribution in [2.45, 2.75) is 6.92 Å². The normalized spacial score (nSPS) is 10.6. The highest BCUT2D eigenvalue weighted by Crippen LogP contribution is 2.37. The van der Waals surface area contributed by atoms with Crippen LogP contribution in [0.15, 0.2) is 27.2 Å². The Morgan fingerprint density at radius 1 is 1.47 bits per heavy atom. The van der Waals surface area contributed by atoms with E-state index in [0.717, 1.165) is 15.6 Å². The third-order valence-electron chi connectivity index (χ3n) is 2.10. The number of nitrogens with two attached hydrogens (primary N) is 1. The lowest BCUT2D eigenvalue weighted by Crippen LogP contribution is -1.84. The number of hydrogen-bond donors (Lipinski definition) is 1. The first-order valence-electron chi connectivity index (χ1n) is 4.27. The Morgan fingerprint density at radius 2 is 2.20 bits per heavy atom. The molecule has 0 atom stereocenters. The number of benzene rings is 1. The minimum Gasteiger partial charge on any atom is -0.380 e. The average Bonchev–Trinajstić information content (AvgIpc) is 2.53. The highest BCUT2D eigenvalue weighted by atomic mass is 79.9. The van der Waals surface area contributed by atoms with Gasteiger partial charge in [0.1, 0.15) is 5.02 Å². The second kappa shape index (κ2) is 3.87. The second-order valence-corrected chi connectivity index (χ2v) is 4.32. The molecule has 0 aliphatic heterocycles. The molecule has 1 aromatic heterocycles. The number of anilines is 1. The van der Waals surface area contributed by atoms with Gasteiger partial charge < -0.3 is 10.3 Å².